The Morgan fingerprint density at radius 3 is 2.97 bits per heavy atom. The van der Waals surface area contributed by atoms with E-state index < -0.39 is 0 Å². The number of anilines is 1. The summed E-state index contributed by atoms with van der Waals surface area (Å²) in [7, 11) is 1.60. The van der Waals surface area contributed by atoms with Gasteiger partial charge in [0.25, 0.3) is 5.91 Å². The van der Waals surface area contributed by atoms with Crippen LogP contribution in [0, 0.1) is 0 Å². The average Bonchev–Trinajstić information content (AvgIpc) is 3.16. The fraction of sp³-hybridized carbons (Fsp3) is 0.318. The molecule has 0 fully saturated rings. The van der Waals surface area contributed by atoms with Crippen molar-refractivity contribution in [2.45, 2.75) is 26.0 Å². The lowest BCUT2D eigenvalue weighted by atomic mass is 10.1. The molecule has 0 bridgehead atoms. The molecule has 3 heterocycles. The normalized spacial score (nSPS) is 13.2. The third kappa shape index (κ3) is 4.46. The summed E-state index contributed by atoms with van der Waals surface area (Å²) in [4.78, 5) is 23.6. The number of carbonyl (C=O) groups excluding carboxylic acids is 1. The minimum absolute atomic E-state index is 0.0535. The van der Waals surface area contributed by atoms with Crippen LogP contribution < -0.4 is 5.32 Å². The van der Waals surface area contributed by atoms with Crippen molar-refractivity contribution < 1.29 is 13.9 Å². The largest absolute Gasteiger partial charge is 0.443 e. The van der Waals surface area contributed by atoms with E-state index in [9.17, 15) is 4.79 Å². The predicted octanol–water partition coefficient (Wildman–Crippen LogP) is 3.07. The van der Waals surface area contributed by atoms with Gasteiger partial charge >= 0.3 is 0 Å². The molecule has 1 amide bonds. The van der Waals surface area contributed by atoms with Crippen LogP contribution in [-0.2, 0) is 30.7 Å². The molecule has 4 rings (SSSR count). The summed E-state index contributed by atoms with van der Waals surface area (Å²) in [5.41, 5.74) is 3.43. The highest BCUT2D eigenvalue weighted by molar-refractivity contribution is 5.99. The van der Waals surface area contributed by atoms with Gasteiger partial charge in [0.2, 0.25) is 5.89 Å². The molecule has 0 spiro atoms. The zero-order valence-electron chi connectivity index (χ0n) is 16.4. The number of fused-ring (bicyclic) bond motifs is 1. The van der Waals surface area contributed by atoms with Gasteiger partial charge in [-0.3, -0.25) is 9.78 Å². The van der Waals surface area contributed by atoms with Crippen molar-refractivity contribution in [3.8, 4) is 0 Å². The minimum atomic E-state index is -0.0535. The first-order valence-corrected chi connectivity index (χ1v) is 9.72. The number of pyridine rings is 1. The number of amides is 1. The van der Waals surface area contributed by atoms with Gasteiger partial charge in [0, 0.05) is 39.0 Å². The summed E-state index contributed by atoms with van der Waals surface area (Å²) in [5, 5.41) is 3.38. The fourth-order valence-electron chi connectivity index (χ4n) is 3.49. The molecule has 7 nitrogen and oxygen atoms in total. The van der Waals surface area contributed by atoms with Crippen molar-refractivity contribution in [1.29, 1.82) is 0 Å². The van der Waals surface area contributed by atoms with Gasteiger partial charge in [-0.1, -0.05) is 30.3 Å². The lowest BCUT2D eigenvalue weighted by molar-refractivity contribution is 0.0728. The van der Waals surface area contributed by atoms with Crippen LogP contribution in [0.2, 0.25) is 0 Å². The summed E-state index contributed by atoms with van der Waals surface area (Å²) in [6.45, 7) is 2.09. The van der Waals surface area contributed by atoms with Crippen molar-refractivity contribution in [2.75, 3.05) is 25.5 Å². The number of methoxy groups -OCH3 is 1. The third-order valence-electron chi connectivity index (χ3n) is 4.95. The number of ether oxygens (including phenoxy) is 1. The first-order valence-electron chi connectivity index (χ1n) is 9.72. The summed E-state index contributed by atoms with van der Waals surface area (Å²) in [5.74, 6) is 1.34. The van der Waals surface area contributed by atoms with E-state index in [-0.39, 0.29) is 5.91 Å². The van der Waals surface area contributed by atoms with Crippen LogP contribution in [0.1, 0.15) is 33.3 Å². The van der Waals surface area contributed by atoms with Crippen LogP contribution in [0.5, 0.6) is 0 Å². The van der Waals surface area contributed by atoms with Crippen LogP contribution in [0.4, 0.5) is 5.69 Å². The molecule has 1 N–H and O–H groups in total. The Hall–Kier alpha value is -3.19. The molecule has 29 heavy (non-hydrogen) atoms. The van der Waals surface area contributed by atoms with Crippen LogP contribution in [0.3, 0.4) is 0 Å². The predicted molar refractivity (Wildman–Crippen MR) is 109 cm³/mol. The molecule has 2 aromatic heterocycles. The number of oxazole rings is 1. The Labute approximate surface area is 169 Å². The lowest BCUT2D eigenvalue weighted by Gasteiger charge is -2.26. The van der Waals surface area contributed by atoms with Crippen molar-refractivity contribution >= 4 is 11.6 Å². The maximum atomic E-state index is 13.2. The summed E-state index contributed by atoms with van der Waals surface area (Å²) in [6, 6.07) is 12.1. The minimum Gasteiger partial charge on any atom is -0.443 e. The molecule has 1 aliphatic heterocycles. The van der Waals surface area contributed by atoms with E-state index >= 15 is 0 Å². The summed E-state index contributed by atoms with van der Waals surface area (Å²) < 4.78 is 10.8. The fourth-order valence-corrected chi connectivity index (χ4v) is 3.49. The molecule has 0 saturated heterocycles. The van der Waals surface area contributed by atoms with Crippen molar-refractivity contribution in [2.24, 2.45) is 0 Å². The average molecular weight is 392 g/mol. The maximum absolute atomic E-state index is 13.2. The lowest BCUT2D eigenvalue weighted by Crippen LogP contribution is -2.36. The molecule has 0 saturated carbocycles. The number of rotatable bonds is 7. The van der Waals surface area contributed by atoms with E-state index in [4.69, 9.17) is 9.15 Å². The molecule has 1 aromatic carbocycles. The Balaban J connectivity index is 1.43. The quantitative estimate of drug-likeness (QED) is 0.666. The second-order valence-corrected chi connectivity index (χ2v) is 6.97. The van der Waals surface area contributed by atoms with E-state index in [1.165, 1.54) is 5.56 Å². The van der Waals surface area contributed by atoms with E-state index in [1.807, 2.05) is 24.3 Å². The molecule has 3 aromatic rings. The van der Waals surface area contributed by atoms with Crippen LogP contribution >= 0.6 is 0 Å². The molecular formula is C22H24N4O3. The standard InChI is InChI=1S/C22H24N4O3/c1-28-15-21-25-19-14-26(12-9-20(19)29-21)22(27)17-13-23-10-8-18(17)24-11-7-16-5-3-2-4-6-16/h2-6,8,10,13H,7,9,11-12,14-15H2,1H3,(H,23,24). The Kier molecular flexibility index (Phi) is 5.86. The first kappa shape index (κ1) is 19.1. The third-order valence-corrected chi connectivity index (χ3v) is 4.95. The zero-order chi connectivity index (χ0) is 20.1. The molecule has 0 unspecified atom stereocenters. The van der Waals surface area contributed by atoms with Crippen molar-refractivity contribution in [3.05, 3.63) is 77.3 Å². The van der Waals surface area contributed by atoms with Crippen LogP contribution in [0.25, 0.3) is 0 Å². The van der Waals surface area contributed by atoms with Gasteiger partial charge in [0.1, 0.15) is 18.1 Å². The number of hydrogen-bond acceptors (Lipinski definition) is 6. The van der Waals surface area contributed by atoms with Gasteiger partial charge in [0.05, 0.1) is 17.8 Å². The van der Waals surface area contributed by atoms with Crippen LogP contribution in [0.15, 0.2) is 53.2 Å². The van der Waals surface area contributed by atoms with Gasteiger partial charge < -0.3 is 19.4 Å². The summed E-state index contributed by atoms with van der Waals surface area (Å²) >= 11 is 0. The topological polar surface area (TPSA) is 80.5 Å². The van der Waals surface area contributed by atoms with Crippen LogP contribution in [-0.4, -0.2) is 41.0 Å². The van der Waals surface area contributed by atoms with E-state index in [0.717, 1.165) is 30.1 Å². The van der Waals surface area contributed by atoms with Gasteiger partial charge in [-0.15, -0.1) is 0 Å². The molecular weight excluding hydrogens is 368 g/mol. The second kappa shape index (κ2) is 8.87. The molecule has 7 heteroatoms. The Morgan fingerprint density at radius 1 is 1.28 bits per heavy atom. The maximum Gasteiger partial charge on any atom is 0.257 e. The SMILES string of the molecule is COCc1nc2c(o1)CCN(C(=O)c1cnccc1NCCc1ccccc1)C2. The number of benzene rings is 1. The number of nitrogens with one attached hydrogen (secondary N) is 1. The van der Waals surface area contributed by atoms with E-state index in [1.54, 1.807) is 24.4 Å². The van der Waals surface area contributed by atoms with Gasteiger partial charge in [-0.25, -0.2) is 4.98 Å². The number of aromatic nitrogens is 2. The van der Waals surface area contributed by atoms with E-state index in [0.29, 0.717) is 37.6 Å². The van der Waals surface area contributed by atoms with Crippen molar-refractivity contribution in [1.82, 2.24) is 14.9 Å². The zero-order valence-corrected chi connectivity index (χ0v) is 16.4. The van der Waals surface area contributed by atoms with Gasteiger partial charge in [0.15, 0.2) is 0 Å². The summed E-state index contributed by atoms with van der Waals surface area (Å²) in [6.07, 6.45) is 4.85. The number of carbonyl (C=O) groups is 1. The van der Waals surface area contributed by atoms with Crippen molar-refractivity contribution in [3.63, 3.8) is 0 Å². The monoisotopic (exact) mass is 392 g/mol. The molecule has 0 aliphatic carbocycles. The van der Waals surface area contributed by atoms with Gasteiger partial charge in [-0.05, 0) is 18.1 Å². The highest BCUT2D eigenvalue weighted by Crippen LogP contribution is 2.24. The molecule has 0 atom stereocenters. The second-order valence-electron chi connectivity index (χ2n) is 6.97. The highest BCUT2D eigenvalue weighted by atomic mass is 16.5. The van der Waals surface area contributed by atoms with E-state index in [2.05, 4.69) is 27.4 Å². The highest BCUT2D eigenvalue weighted by Gasteiger charge is 2.27. The molecule has 150 valence electrons. The smallest absolute Gasteiger partial charge is 0.257 e. The van der Waals surface area contributed by atoms with Gasteiger partial charge in [-0.2, -0.15) is 0 Å². The Morgan fingerprint density at radius 2 is 2.14 bits per heavy atom. The number of hydrogen-bond donors (Lipinski definition) is 1. The first-order chi connectivity index (χ1) is 14.2. The Bertz CT molecular complexity index is 971. The number of nitrogens with zero attached hydrogens (tertiary/aromatic N) is 3. The molecule has 1 aliphatic rings. The molecule has 0 radical (unpaired) electrons.